The standard InChI is InChI=1S/C5H8O2.C4H6O2.C2H3NO.C2H6.CH3NO2/c1-4(2)5(6)7-3;1-3-4(5)6-2;1-3-2-4;1-2;1-2(3)4/h1H2,2-3H3;3H,1H2,2H3;1H3;1-2H3;1H3. The minimum atomic E-state index is -0.500. The first kappa shape index (κ1) is 32.2. The number of nitrogens with zero attached hydrogens (tertiary/aromatic N) is 2. The van der Waals surface area contributed by atoms with E-state index in [1.165, 1.54) is 27.3 Å². The maximum absolute atomic E-state index is 10.2. The minimum absolute atomic E-state index is 0.347. The van der Waals surface area contributed by atoms with Gasteiger partial charge in [0, 0.05) is 23.6 Å². The second kappa shape index (κ2) is 31.5. The molecule has 134 valence electrons. The Labute approximate surface area is 136 Å². The quantitative estimate of drug-likeness (QED) is 0.189. The lowest BCUT2D eigenvalue weighted by Gasteiger charge is -1.91. The van der Waals surface area contributed by atoms with Crippen LogP contribution >= 0.6 is 0 Å². The molecule has 0 rings (SSSR count). The lowest BCUT2D eigenvalue weighted by Crippen LogP contribution is -1.98. The van der Waals surface area contributed by atoms with Gasteiger partial charge in [0.1, 0.15) is 0 Å². The van der Waals surface area contributed by atoms with Crippen molar-refractivity contribution < 1.29 is 28.8 Å². The Morgan fingerprint density at radius 3 is 1.57 bits per heavy atom. The Hall–Kier alpha value is -2.80. The molecule has 0 unspecified atom stereocenters. The summed E-state index contributed by atoms with van der Waals surface area (Å²) in [7, 11) is 4.91. The number of methoxy groups -OCH3 is 2. The molecule has 0 aliphatic rings. The van der Waals surface area contributed by atoms with Crippen molar-refractivity contribution in [3.63, 3.8) is 0 Å². The fourth-order valence-corrected chi connectivity index (χ4v) is 0.258. The summed E-state index contributed by atoms with van der Waals surface area (Å²) in [4.78, 5) is 40.1. The maximum atomic E-state index is 10.2. The highest BCUT2D eigenvalue weighted by atomic mass is 16.6. The summed E-state index contributed by atoms with van der Waals surface area (Å²) in [6.07, 6.45) is 2.42. The summed E-state index contributed by atoms with van der Waals surface area (Å²) in [6.45, 7) is 12.1. The van der Waals surface area contributed by atoms with Crippen LogP contribution in [0.2, 0.25) is 0 Å². The Morgan fingerprint density at radius 1 is 1.26 bits per heavy atom. The largest absolute Gasteiger partial charge is 0.466 e. The van der Waals surface area contributed by atoms with Crippen molar-refractivity contribution in [2.45, 2.75) is 20.8 Å². The SMILES string of the molecule is C=C(C)C(=O)OC.C=CC(=O)OC.CC.CN=C=O.C[N+](=O)[O-]. The highest BCUT2D eigenvalue weighted by Crippen LogP contribution is 1.87. The summed E-state index contributed by atoms with van der Waals surface area (Å²) in [5, 5.41) is 8.81. The molecule has 0 fully saturated rings. The number of ether oxygens (including phenoxy) is 2. The number of rotatable bonds is 2. The van der Waals surface area contributed by atoms with Crippen LogP contribution in [0.4, 0.5) is 0 Å². The topological polar surface area (TPSA) is 125 Å². The Kier molecular flexibility index (Phi) is 44.2. The molecule has 9 heteroatoms. The molecule has 0 aliphatic carbocycles. The summed E-state index contributed by atoms with van der Waals surface area (Å²) >= 11 is 0. The Morgan fingerprint density at radius 2 is 1.57 bits per heavy atom. The smallest absolute Gasteiger partial charge is 0.332 e. The van der Waals surface area contributed by atoms with Crippen molar-refractivity contribution in [1.29, 1.82) is 0 Å². The van der Waals surface area contributed by atoms with Crippen LogP contribution in [0, 0.1) is 10.1 Å². The molecule has 23 heavy (non-hydrogen) atoms. The number of hydrogen-bond acceptors (Lipinski definition) is 8. The number of carbonyl (C=O) groups excluding carboxylic acids is 3. The predicted molar refractivity (Wildman–Crippen MR) is 87.4 cm³/mol. The van der Waals surface area contributed by atoms with E-state index in [0.717, 1.165) is 13.1 Å². The zero-order valence-electron chi connectivity index (χ0n) is 14.7. The van der Waals surface area contributed by atoms with Crippen molar-refractivity contribution in [3.05, 3.63) is 34.9 Å². The van der Waals surface area contributed by atoms with E-state index in [1.54, 1.807) is 6.92 Å². The molecular weight excluding hydrogens is 308 g/mol. The molecule has 0 aliphatic heterocycles. The van der Waals surface area contributed by atoms with Crippen LogP contribution in [0.15, 0.2) is 29.8 Å². The third kappa shape index (κ3) is 84.5. The van der Waals surface area contributed by atoms with Gasteiger partial charge in [-0.15, -0.1) is 0 Å². The van der Waals surface area contributed by atoms with Gasteiger partial charge >= 0.3 is 11.9 Å². The number of aliphatic imine (C=N–C) groups is 1. The number of nitro groups is 1. The molecule has 0 amide bonds. The molecular formula is C14H26N2O7. The monoisotopic (exact) mass is 334 g/mol. The molecule has 0 heterocycles. The van der Waals surface area contributed by atoms with E-state index >= 15 is 0 Å². The highest BCUT2D eigenvalue weighted by Gasteiger charge is 1.95. The van der Waals surface area contributed by atoms with Gasteiger partial charge in [0.15, 0.2) is 7.05 Å². The van der Waals surface area contributed by atoms with E-state index in [0.29, 0.717) is 5.57 Å². The molecule has 0 aromatic heterocycles. The molecule has 0 saturated carbocycles. The first-order chi connectivity index (χ1) is 10.6. The lowest BCUT2D eigenvalue weighted by molar-refractivity contribution is -0.445. The number of hydrogen-bond donors (Lipinski definition) is 0. The first-order valence-electron chi connectivity index (χ1n) is 6.12. The van der Waals surface area contributed by atoms with Crippen LogP contribution < -0.4 is 0 Å². The van der Waals surface area contributed by atoms with Crippen LogP contribution in [-0.2, 0) is 23.9 Å². The molecule has 9 nitrogen and oxygen atoms in total. The Bertz CT molecular complexity index is 383. The van der Waals surface area contributed by atoms with Crippen molar-refractivity contribution >= 4 is 18.0 Å². The highest BCUT2D eigenvalue weighted by molar-refractivity contribution is 5.86. The van der Waals surface area contributed by atoms with E-state index in [1.807, 2.05) is 13.8 Å². The van der Waals surface area contributed by atoms with Gasteiger partial charge in [-0.05, 0) is 6.92 Å². The molecule has 0 N–H and O–H groups in total. The van der Waals surface area contributed by atoms with Gasteiger partial charge in [-0.1, -0.05) is 27.0 Å². The minimum Gasteiger partial charge on any atom is -0.466 e. The van der Waals surface area contributed by atoms with E-state index in [-0.39, 0.29) is 5.97 Å². The molecule has 0 atom stereocenters. The van der Waals surface area contributed by atoms with Gasteiger partial charge in [-0.3, -0.25) is 10.1 Å². The predicted octanol–water partition coefficient (Wildman–Crippen LogP) is 1.95. The maximum Gasteiger partial charge on any atom is 0.332 e. The summed E-state index contributed by atoms with van der Waals surface area (Å²) in [6, 6.07) is 0. The summed E-state index contributed by atoms with van der Waals surface area (Å²) in [5.74, 6) is -0.741. The van der Waals surface area contributed by atoms with E-state index in [2.05, 4.69) is 27.6 Å². The van der Waals surface area contributed by atoms with Gasteiger partial charge in [0.05, 0.1) is 14.2 Å². The van der Waals surface area contributed by atoms with Crippen LogP contribution in [0.1, 0.15) is 20.8 Å². The fourth-order valence-electron chi connectivity index (χ4n) is 0.258. The average Bonchev–Trinajstić information content (AvgIpc) is 2.55. The van der Waals surface area contributed by atoms with Crippen molar-refractivity contribution in [1.82, 2.24) is 0 Å². The van der Waals surface area contributed by atoms with Crippen LogP contribution in [0.25, 0.3) is 0 Å². The van der Waals surface area contributed by atoms with E-state index < -0.39 is 10.9 Å². The van der Waals surface area contributed by atoms with Crippen molar-refractivity contribution in [2.75, 3.05) is 28.3 Å². The first-order valence-corrected chi connectivity index (χ1v) is 6.12. The van der Waals surface area contributed by atoms with Gasteiger partial charge in [-0.25, -0.2) is 19.4 Å². The second-order valence-electron chi connectivity index (χ2n) is 2.75. The van der Waals surface area contributed by atoms with Crippen LogP contribution in [0.3, 0.4) is 0 Å². The van der Waals surface area contributed by atoms with E-state index in [4.69, 9.17) is 14.9 Å². The molecule has 0 bridgehead atoms. The molecule has 0 radical (unpaired) electrons. The van der Waals surface area contributed by atoms with Gasteiger partial charge in [-0.2, -0.15) is 0 Å². The Balaban J connectivity index is -0.0000000620. The number of isocyanates is 1. The van der Waals surface area contributed by atoms with Gasteiger partial charge in [0.25, 0.3) is 0 Å². The third-order valence-electron chi connectivity index (χ3n) is 0.993. The molecule has 0 spiro atoms. The van der Waals surface area contributed by atoms with Gasteiger partial charge < -0.3 is 9.47 Å². The zero-order valence-corrected chi connectivity index (χ0v) is 14.7. The molecule has 0 aromatic carbocycles. The number of esters is 2. The lowest BCUT2D eigenvalue weighted by atomic mass is 10.4. The van der Waals surface area contributed by atoms with Crippen LogP contribution in [0.5, 0.6) is 0 Å². The third-order valence-corrected chi connectivity index (χ3v) is 0.993. The van der Waals surface area contributed by atoms with Crippen molar-refractivity contribution in [2.24, 2.45) is 4.99 Å². The summed E-state index contributed by atoms with van der Waals surface area (Å²) < 4.78 is 8.42. The normalized spacial score (nSPS) is 6.22. The average molecular weight is 334 g/mol. The molecule has 0 aromatic rings. The zero-order chi connectivity index (χ0) is 19.8. The number of carbonyl (C=O) groups is 2. The van der Waals surface area contributed by atoms with Gasteiger partial charge in [0.2, 0.25) is 6.08 Å². The van der Waals surface area contributed by atoms with Crippen molar-refractivity contribution in [3.8, 4) is 0 Å². The van der Waals surface area contributed by atoms with Crippen LogP contribution in [-0.4, -0.2) is 51.3 Å². The summed E-state index contributed by atoms with van der Waals surface area (Å²) in [5.41, 5.74) is 0.433. The fraction of sp³-hybridized carbons (Fsp3) is 0.500. The molecule has 0 saturated heterocycles. The van der Waals surface area contributed by atoms with E-state index in [9.17, 15) is 9.59 Å². The second-order valence-corrected chi connectivity index (χ2v) is 2.75.